The fourth-order valence-corrected chi connectivity index (χ4v) is 9.51. The van der Waals surface area contributed by atoms with Crippen molar-refractivity contribution in [1.29, 1.82) is 0 Å². The van der Waals surface area contributed by atoms with Gasteiger partial charge in [0.15, 0.2) is 23.1 Å². The van der Waals surface area contributed by atoms with Gasteiger partial charge in [-0.2, -0.15) is 0 Å². The zero-order valence-electron chi connectivity index (χ0n) is 21.1. The van der Waals surface area contributed by atoms with Crippen molar-refractivity contribution in [3.8, 4) is 11.5 Å². The number of hydrogen-bond acceptors (Lipinski definition) is 10. The van der Waals surface area contributed by atoms with E-state index in [2.05, 4.69) is 0 Å². The molecule has 6 aliphatic rings. The van der Waals surface area contributed by atoms with Crippen LogP contribution in [0.3, 0.4) is 0 Å². The Kier molecular flexibility index (Phi) is 3.86. The van der Waals surface area contributed by atoms with Gasteiger partial charge in [0, 0.05) is 23.0 Å². The van der Waals surface area contributed by atoms with Crippen molar-refractivity contribution in [2.24, 2.45) is 34.5 Å². The summed E-state index contributed by atoms with van der Waals surface area (Å²) in [6.07, 6.45) is -3.37. The van der Waals surface area contributed by atoms with Crippen molar-refractivity contribution in [2.45, 2.75) is 26.1 Å². The number of phenols is 2. The molecule has 10 nitrogen and oxygen atoms in total. The van der Waals surface area contributed by atoms with Crippen molar-refractivity contribution >= 4 is 34.7 Å². The first-order chi connectivity index (χ1) is 18.8. The molecule has 202 valence electrons. The number of carbonyl (C=O) groups excluding carboxylic acids is 4. The van der Waals surface area contributed by atoms with Crippen molar-refractivity contribution in [2.75, 3.05) is 0 Å². The minimum absolute atomic E-state index is 0.185. The first-order valence-electron chi connectivity index (χ1n) is 12.9. The maximum absolute atomic E-state index is 14.5. The average Bonchev–Trinajstić information content (AvgIpc) is 3.22. The molecule has 6 aliphatic carbocycles. The molecule has 40 heavy (non-hydrogen) atoms. The predicted octanol–water partition coefficient (Wildman–Crippen LogP) is 1.70. The second-order valence-corrected chi connectivity index (χ2v) is 12.0. The molecule has 2 aromatic rings. The molecule has 2 spiro atoms. The molecule has 0 heterocycles. The van der Waals surface area contributed by atoms with Gasteiger partial charge in [0.05, 0.1) is 57.1 Å². The number of allylic oxidation sites excluding steroid dienone is 2. The summed E-state index contributed by atoms with van der Waals surface area (Å²) >= 11 is 0. The van der Waals surface area contributed by atoms with Crippen molar-refractivity contribution < 1.29 is 49.8 Å². The third kappa shape index (κ3) is 1.96. The Morgan fingerprint density at radius 1 is 0.600 bits per heavy atom. The minimum Gasteiger partial charge on any atom is -0.507 e. The number of fused-ring (bicyclic) bond motifs is 4. The number of carbonyl (C=O) groups is 4. The summed E-state index contributed by atoms with van der Waals surface area (Å²) in [6.45, 7) is 3.19. The number of hydrogen-bond donors (Lipinski definition) is 6. The predicted molar refractivity (Wildman–Crippen MR) is 134 cm³/mol. The lowest BCUT2D eigenvalue weighted by molar-refractivity contribution is -0.142. The summed E-state index contributed by atoms with van der Waals surface area (Å²) in [5.74, 6) is -12.2. The lowest BCUT2D eigenvalue weighted by atomic mass is 9.46. The number of aliphatic hydroxyl groups is 4. The van der Waals surface area contributed by atoms with Crippen LogP contribution in [0.15, 0.2) is 35.4 Å². The third-order valence-corrected chi connectivity index (χ3v) is 10.4. The zero-order valence-corrected chi connectivity index (χ0v) is 21.1. The Morgan fingerprint density at radius 3 is 1.30 bits per heavy atom. The van der Waals surface area contributed by atoms with Crippen LogP contribution in [0.1, 0.15) is 43.0 Å². The topological polar surface area (TPSA) is 190 Å². The molecule has 0 aromatic heterocycles. The number of rotatable bonds is 0. The van der Waals surface area contributed by atoms with Crippen LogP contribution in [0.2, 0.25) is 0 Å². The number of aryl methyl sites for hydroxylation is 2. The Hall–Kier alpha value is -4.28. The molecular formula is C30H22O10. The van der Waals surface area contributed by atoms with Gasteiger partial charge in [-0.25, -0.2) is 0 Å². The van der Waals surface area contributed by atoms with Crippen LogP contribution in [-0.2, 0) is 9.59 Å². The monoisotopic (exact) mass is 542 g/mol. The normalized spacial score (nSPS) is 38.1. The summed E-state index contributed by atoms with van der Waals surface area (Å²) < 4.78 is 0. The minimum atomic E-state index is -2.25. The Balaban J connectivity index is 1.55. The fraction of sp³-hybridized carbons (Fsp3) is 0.333. The van der Waals surface area contributed by atoms with Gasteiger partial charge in [-0.1, -0.05) is 0 Å². The Morgan fingerprint density at radius 2 is 0.950 bits per heavy atom. The third-order valence-electron chi connectivity index (χ3n) is 10.4. The highest BCUT2D eigenvalue weighted by molar-refractivity contribution is 6.30. The first-order valence-corrected chi connectivity index (χ1v) is 12.9. The molecule has 0 saturated heterocycles. The molecule has 6 N–H and O–H groups in total. The van der Waals surface area contributed by atoms with E-state index >= 15 is 0 Å². The Bertz CT molecular complexity index is 1680. The maximum atomic E-state index is 14.5. The van der Waals surface area contributed by atoms with E-state index in [1.807, 2.05) is 0 Å². The van der Waals surface area contributed by atoms with Crippen LogP contribution < -0.4 is 0 Å². The van der Waals surface area contributed by atoms with Gasteiger partial charge in [0.1, 0.15) is 23.0 Å². The summed E-state index contributed by atoms with van der Waals surface area (Å²) in [5.41, 5.74) is -5.58. The zero-order chi connectivity index (χ0) is 28.5. The van der Waals surface area contributed by atoms with E-state index in [1.165, 1.54) is 24.3 Å². The molecule has 0 amide bonds. The molecule has 8 atom stereocenters. The molecule has 4 saturated carbocycles. The summed E-state index contributed by atoms with van der Waals surface area (Å²) in [7, 11) is 0. The number of Topliss-reactive ketones (excluding diaryl/α,β-unsaturated/α-hetero) is 4. The van der Waals surface area contributed by atoms with Gasteiger partial charge < -0.3 is 30.6 Å². The molecule has 8 rings (SSSR count). The number of benzene rings is 2. The van der Waals surface area contributed by atoms with Crippen molar-refractivity contribution in [1.82, 2.24) is 0 Å². The van der Waals surface area contributed by atoms with Crippen LogP contribution in [0.4, 0.5) is 0 Å². The lowest BCUT2D eigenvalue weighted by Crippen LogP contribution is -2.65. The average molecular weight is 542 g/mol. The van der Waals surface area contributed by atoms with Gasteiger partial charge in [-0.05, 0) is 49.2 Å². The van der Waals surface area contributed by atoms with Crippen LogP contribution in [0.5, 0.6) is 11.5 Å². The number of ketones is 4. The summed E-state index contributed by atoms with van der Waals surface area (Å²) in [4.78, 5) is 57.9. The highest BCUT2D eigenvalue weighted by Gasteiger charge is 2.89. The van der Waals surface area contributed by atoms with E-state index in [0.29, 0.717) is 11.1 Å². The second-order valence-electron chi connectivity index (χ2n) is 12.0. The van der Waals surface area contributed by atoms with Gasteiger partial charge in [0.2, 0.25) is 0 Å². The van der Waals surface area contributed by atoms with Gasteiger partial charge in [0.25, 0.3) is 0 Å². The van der Waals surface area contributed by atoms with Crippen LogP contribution in [-0.4, -0.2) is 66.0 Å². The van der Waals surface area contributed by atoms with Gasteiger partial charge in [-0.15, -0.1) is 0 Å². The van der Waals surface area contributed by atoms with E-state index < -0.39 is 104 Å². The van der Waals surface area contributed by atoms with Gasteiger partial charge >= 0.3 is 0 Å². The molecule has 0 aliphatic heterocycles. The smallest absolute Gasteiger partial charge is 0.175 e. The number of aliphatic hydroxyl groups excluding tert-OH is 4. The molecule has 0 unspecified atom stereocenters. The van der Waals surface area contributed by atoms with Crippen LogP contribution in [0, 0.1) is 48.3 Å². The quantitative estimate of drug-likeness (QED) is 0.286. The second kappa shape index (κ2) is 6.54. The molecular weight excluding hydrogens is 520 g/mol. The molecule has 0 radical (unpaired) electrons. The lowest BCUT2D eigenvalue weighted by Gasteiger charge is -2.53. The van der Waals surface area contributed by atoms with Gasteiger partial charge in [-0.3, -0.25) is 19.2 Å². The van der Waals surface area contributed by atoms with Crippen molar-refractivity contribution in [3.63, 3.8) is 0 Å². The Labute approximate surface area is 225 Å². The maximum Gasteiger partial charge on any atom is 0.175 e. The number of aromatic hydroxyl groups is 2. The molecule has 4 fully saturated rings. The molecule has 10 heteroatoms. The van der Waals surface area contributed by atoms with E-state index in [0.717, 1.165) is 0 Å². The van der Waals surface area contributed by atoms with Crippen LogP contribution in [0.25, 0.3) is 11.5 Å². The van der Waals surface area contributed by atoms with E-state index in [9.17, 15) is 49.8 Å². The fourth-order valence-electron chi connectivity index (χ4n) is 9.51. The SMILES string of the molecule is Cc1cc(O)c2c(c1)C(=O)[C@@]13C(=C2O)C(=O)[C@H]2[C@@H](O)[C@@H]1[C@H]1[C@@H](O)[C@@H]3C(=O)C3=C(O)c4c(O)cc(C)cc4C(=O)[C@@]312. The van der Waals surface area contributed by atoms with E-state index in [-0.39, 0.29) is 22.3 Å². The highest BCUT2D eigenvalue weighted by Crippen LogP contribution is 2.80. The standard InChI is InChI=1S/C30H22O10/c1-7-3-9-13(11(31)5-7)21(33)17-25(37)20-23(35)15-16-24(36)19(29(15,17)27(9)39)26(38)18-22(34)14-10(28(40)30(16,18)20)4-8(2)6-12(14)32/h3-6,15-16,19-20,23-24,31-36H,1-2H3/t15-,16-,19+,20+,23-,24+,29+,30+/m0/s1. The van der Waals surface area contributed by atoms with Crippen LogP contribution >= 0.6 is 0 Å². The summed E-state index contributed by atoms with van der Waals surface area (Å²) in [6, 6.07) is 5.37. The molecule has 4 bridgehead atoms. The molecule has 2 aromatic carbocycles. The van der Waals surface area contributed by atoms with Crippen molar-refractivity contribution in [3.05, 3.63) is 68.8 Å². The number of phenolic OH excluding ortho intramolecular Hbond substituents is 2. The van der Waals surface area contributed by atoms with E-state index in [1.54, 1.807) is 13.8 Å². The van der Waals surface area contributed by atoms with E-state index in [4.69, 9.17) is 0 Å². The summed E-state index contributed by atoms with van der Waals surface area (Å²) in [5, 5.41) is 67.8. The first kappa shape index (κ1) is 23.6. The highest BCUT2D eigenvalue weighted by atomic mass is 16.3. The largest absolute Gasteiger partial charge is 0.507 e.